The number of ether oxygens (including phenoxy) is 1. The Labute approximate surface area is 181 Å². The van der Waals surface area contributed by atoms with Crippen LogP contribution in [0.1, 0.15) is 52.0 Å². The fourth-order valence-electron chi connectivity index (χ4n) is 2.59. The minimum Gasteiger partial charge on any atom is -0.481 e. The van der Waals surface area contributed by atoms with Gasteiger partial charge < -0.3 is 20.5 Å². The zero-order chi connectivity index (χ0) is 23.4. The van der Waals surface area contributed by atoms with Crippen LogP contribution in [0.5, 0.6) is 0 Å². The summed E-state index contributed by atoms with van der Waals surface area (Å²) in [6.07, 6.45) is -1.31. The molecule has 0 unspecified atom stereocenters. The number of aliphatic carboxylic acids is 1. The molecule has 170 valence electrons. The molecule has 0 fully saturated rings. The van der Waals surface area contributed by atoms with Gasteiger partial charge in [0.15, 0.2) is 11.6 Å². The van der Waals surface area contributed by atoms with Crippen molar-refractivity contribution in [3.63, 3.8) is 0 Å². The van der Waals surface area contributed by atoms with Gasteiger partial charge in [0.2, 0.25) is 5.91 Å². The van der Waals surface area contributed by atoms with Crippen LogP contribution in [0, 0.1) is 0 Å². The number of ketones is 2. The zero-order valence-electron chi connectivity index (χ0n) is 18.1. The van der Waals surface area contributed by atoms with Crippen molar-refractivity contribution in [1.29, 1.82) is 0 Å². The van der Waals surface area contributed by atoms with Crippen LogP contribution in [-0.4, -0.2) is 52.8 Å². The van der Waals surface area contributed by atoms with Crippen molar-refractivity contribution in [2.45, 2.75) is 64.5 Å². The molecular weight excluding hydrogens is 404 g/mol. The van der Waals surface area contributed by atoms with Crippen LogP contribution in [0.25, 0.3) is 0 Å². The summed E-state index contributed by atoms with van der Waals surface area (Å²) in [5.41, 5.74) is 0.127. The number of Topliss-reactive ketones (excluding diaryl/α,β-unsaturated/α-hetero) is 2. The number of hydrogen-bond donors (Lipinski definition) is 3. The van der Waals surface area contributed by atoms with Gasteiger partial charge in [-0.3, -0.25) is 19.2 Å². The van der Waals surface area contributed by atoms with Gasteiger partial charge in [-0.2, -0.15) is 0 Å². The number of carbonyl (C=O) groups excluding carboxylic acids is 4. The molecule has 0 saturated heterocycles. The first-order valence-electron chi connectivity index (χ1n) is 10.0. The summed E-state index contributed by atoms with van der Waals surface area (Å²) in [7, 11) is 0. The van der Waals surface area contributed by atoms with Crippen LogP contribution in [0.3, 0.4) is 0 Å². The molecule has 0 aliphatic carbocycles. The summed E-state index contributed by atoms with van der Waals surface area (Å²) in [4.78, 5) is 58.9. The third-order valence-corrected chi connectivity index (χ3v) is 4.05. The first-order chi connectivity index (χ1) is 14.5. The summed E-state index contributed by atoms with van der Waals surface area (Å²) in [5.74, 6) is -2.35. The third-order valence-electron chi connectivity index (χ3n) is 4.05. The zero-order valence-corrected chi connectivity index (χ0v) is 18.1. The molecule has 1 aromatic carbocycles. The average molecular weight is 434 g/mol. The number of benzene rings is 1. The van der Waals surface area contributed by atoms with Gasteiger partial charge in [0.05, 0.1) is 19.0 Å². The number of amides is 2. The molecule has 0 saturated carbocycles. The predicted molar refractivity (Wildman–Crippen MR) is 112 cm³/mol. The van der Waals surface area contributed by atoms with Gasteiger partial charge in [0.25, 0.3) is 0 Å². The highest BCUT2D eigenvalue weighted by molar-refractivity contribution is 5.92. The van der Waals surface area contributed by atoms with Crippen LogP contribution in [0.15, 0.2) is 30.3 Å². The molecule has 0 heterocycles. The lowest BCUT2D eigenvalue weighted by Gasteiger charge is -2.19. The van der Waals surface area contributed by atoms with Crippen molar-refractivity contribution < 1.29 is 33.8 Å². The largest absolute Gasteiger partial charge is 0.481 e. The maximum Gasteiger partial charge on any atom is 0.408 e. The number of carboxylic acid groups (broad SMARTS) is 1. The number of alkyl carbamates (subject to hydrolysis) is 1. The molecule has 2 amide bonds. The molecule has 1 aromatic rings. The highest BCUT2D eigenvalue weighted by Crippen LogP contribution is 2.08. The lowest BCUT2D eigenvalue weighted by molar-refractivity contribution is -0.139. The van der Waals surface area contributed by atoms with E-state index in [0.29, 0.717) is 0 Å². The molecule has 9 nitrogen and oxygen atoms in total. The summed E-state index contributed by atoms with van der Waals surface area (Å²) in [5, 5.41) is 13.7. The second kappa shape index (κ2) is 12.5. The highest BCUT2D eigenvalue weighted by atomic mass is 16.6. The number of rotatable bonds is 12. The Morgan fingerprint density at radius 1 is 0.968 bits per heavy atom. The summed E-state index contributed by atoms with van der Waals surface area (Å²) >= 11 is 0. The second-order valence-electron chi connectivity index (χ2n) is 8.06. The fourth-order valence-corrected chi connectivity index (χ4v) is 2.59. The standard InChI is InChI=1S/C22H30N2O7/c1-22(2,3)31-21(30)23-14-16(25)9-11-19(27)24-17(18(26)10-12-20(28)29)13-15-7-5-4-6-8-15/h4-8,17H,9-14H2,1-3H3,(H,23,30)(H,24,27)(H,28,29)/t17-/m0/s1. The lowest BCUT2D eigenvalue weighted by atomic mass is 9.99. The monoisotopic (exact) mass is 434 g/mol. The van der Waals surface area contributed by atoms with E-state index < -0.39 is 35.4 Å². The van der Waals surface area contributed by atoms with E-state index in [4.69, 9.17) is 9.84 Å². The molecule has 0 radical (unpaired) electrons. The van der Waals surface area contributed by atoms with Gasteiger partial charge in [-0.15, -0.1) is 0 Å². The Bertz CT molecular complexity index is 785. The van der Waals surface area contributed by atoms with Gasteiger partial charge in [0, 0.05) is 19.3 Å². The first kappa shape index (κ1) is 25.8. The van der Waals surface area contributed by atoms with Crippen molar-refractivity contribution in [2.24, 2.45) is 0 Å². The van der Waals surface area contributed by atoms with Crippen LogP contribution in [-0.2, 0) is 30.3 Å². The Morgan fingerprint density at radius 2 is 1.61 bits per heavy atom. The van der Waals surface area contributed by atoms with Crippen LogP contribution >= 0.6 is 0 Å². The maximum absolute atomic E-state index is 12.4. The van der Waals surface area contributed by atoms with Crippen LogP contribution in [0.4, 0.5) is 4.79 Å². The Morgan fingerprint density at radius 3 is 2.19 bits per heavy atom. The van der Waals surface area contributed by atoms with Gasteiger partial charge in [-0.05, 0) is 32.8 Å². The molecular formula is C22H30N2O7. The number of hydrogen-bond acceptors (Lipinski definition) is 6. The third kappa shape index (κ3) is 12.1. The van der Waals surface area contributed by atoms with E-state index >= 15 is 0 Å². The van der Waals surface area contributed by atoms with E-state index in [1.54, 1.807) is 45.0 Å². The van der Waals surface area contributed by atoms with Crippen molar-refractivity contribution in [1.82, 2.24) is 10.6 Å². The average Bonchev–Trinajstić information content (AvgIpc) is 2.68. The molecule has 31 heavy (non-hydrogen) atoms. The fraction of sp³-hybridized carbons (Fsp3) is 0.500. The van der Waals surface area contributed by atoms with Crippen molar-refractivity contribution >= 4 is 29.5 Å². The van der Waals surface area contributed by atoms with E-state index in [2.05, 4.69) is 10.6 Å². The van der Waals surface area contributed by atoms with Gasteiger partial charge >= 0.3 is 12.1 Å². The Balaban J connectivity index is 2.55. The molecule has 1 atom stereocenters. The summed E-state index contributed by atoms with van der Waals surface area (Å²) < 4.78 is 5.03. The molecule has 1 rings (SSSR count). The molecule has 0 bridgehead atoms. The van der Waals surface area contributed by atoms with Crippen molar-refractivity contribution in [3.05, 3.63) is 35.9 Å². The highest BCUT2D eigenvalue weighted by Gasteiger charge is 2.22. The van der Waals surface area contributed by atoms with Crippen LogP contribution < -0.4 is 10.6 Å². The number of carboxylic acids is 1. The normalized spacial score (nSPS) is 11.8. The summed E-state index contributed by atoms with van der Waals surface area (Å²) in [6.45, 7) is 4.82. The first-order valence-corrected chi connectivity index (χ1v) is 10.0. The Hall–Kier alpha value is -3.23. The van der Waals surface area contributed by atoms with E-state index in [9.17, 15) is 24.0 Å². The lowest BCUT2D eigenvalue weighted by Crippen LogP contribution is -2.42. The van der Waals surface area contributed by atoms with E-state index in [1.807, 2.05) is 6.07 Å². The smallest absolute Gasteiger partial charge is 0.408 e. The second-order valence-corrected chi connectivity index (χ2v) is 8.06. The Kier molecular flexibility index (Phi) is 10.4. The molecule has 0 aliphatic heterocycles. The van der Waals surface area contributed by atoms with E-state index in [0.717, 1.165) is 5.56 Å². The predicted octanol–water partition coefficient (Wildman–Crippen LogP) is 2.02. The van der Waals surface area contributed by atoms with Gasteiger partial charge in [-0.1, -0.05) is 30.3 Å². The SMILES string of the molecule is CC(C)(C)OC(=O)NCC(=O)CCC(=O)N[C@@H](Cc1ccccc1)C(=O)CCC(=O)O. The van der Waals surface area contributed by atoms with Crippen LogP contribution in [0.2, 0.25) is 0 Å². The minimum atomic E-state index is -1.10. The van der Waals surface area contributed by atoms with Crippen molar-refractivity contribution in [2.75, 3.05) is 6.54 Å². The van der Waals surface area contributed by atoms with Crippen molar-refractivity contribution in [3.8, 4) is 0 Å². The molecule has 3 N–H and O–H groups in total. The maximum atomic E-state index is 12.4. The van der Waals surface area contributed by atoms with Gasteiger partial charge in [0.1, 0.15) is 5.60 Å². The quantitative estimate of drug-likeness (QED) is 0.457. The van der Waals surface area contributed by atoms with Gasteiger partial charge in [-0.25, -0.2) is 4.79 Å². The van der Waals surface area contributed by atoms with E-state index in [-0.39, 0.29) is 44.4 Å². The molecule has 0 aliphatic rings. The van der Waals surface area contributed by atoms with E-state index in [1.165, 1.54) is 0 Å². The molecule has 0 aromatic heterocycles. The topological polar surface area (TPSA) is 139 Å². The number of carbonyl (C=O) groups is 5. The summed E-state index contributed by atoms with van der Waals surface area (Å²) in [6, 6.07) is 8.13. The molecule has 0 spiro atoms. The minimum absolute atomic E-state index is 0.122. The molecule has 9 heteroatoms. The number of nitrogens with one attached hydrogen (secondary N) is 2.